The normalized spacial score (nSPS) is 19.1. The molecule has 0 saturated carbocycles. The summed E-state index contributed by atoms with van der Waals surface area (Å²) in [5.74, 6) is -0.885. The van der Waals surface area contributed by atoms with Gasteiger partial charge in [-0.15, -0.1) is 0 Å². The lowest BCUT2D eigenvalue weighted by molar-refractivity contribution is -0.162. The predicted molar refractivity (Wildman–Crippen MR) is 79.3 cm³/mol. The fourth-order valence-electron chi connectivity index (χ4n) is 2.03. The van der Waals surface area contributed by atoms with Gasteiger partial charge >= 0.3 is 5.97 Å². The van der Waals surface area contributed by atoms with Gasteiger partial charge in [-0.2, -0.15) is 0 Å². The molecule has 0 spiro atoms. The zero-order valence-electron chi connectivity index (χ0n) is 12.0. The van der Waals surface area contributed by atoms with Crippen LogP contribution in [0, 0.1) is 6.92 Å². The van der Waals surface area contributed by atoms with Crippen LogP contribution in [-0.2, 0) is 19.1 Å². The van der Waals surface area contributed by atoms with E-state index in [1.165, 1.54) is 6.92 Å². The summed E-state index contributed by atoms with van der Waals surface area (Å²) in [7, 11) is 0. The van der Waals surface area contributed by atoms with Crippen LogP contribution < -0.4 is 5.32 Å². The Bertz CT molecular complexity index is 540. The Morgan fingerprint density at radius 2 is 2.24 bits per heavy atom. The van der Waals surface area contributed by atoms with Crippen molar-refractivity contribution in [3.8, 4) is 0 Å². The summed E-state index contributed by atoms with van der Waals surface area (Å²) in [6.07, 6.45) is 0.0380. The molecular weight excluding hydrogens is 294 g/mol. The number of amides is 1. The highest BCUT2D eigenvalue weighted by atomic mass is 35.5. The van der Waals surface area contributed by atoms with Crippen LogP contribution in [0.4, 0.5) is 5.69 Å². The number of benzene rings is 1. The number of rotatable bonds is 4. The fraction of sp³-hybridized carbons (Fsp3) is 0.467. The Balaban J connectivity index is 1.93. The first-order valence-electron chi connectivity index (χ1n) is 6.86. The van der Waals surface area contributed by atoms with Gasteiger partial charge < -0.3 is 14.8 Å². The third-order valence-electron chi connectivity index (χ3n) is 3.31. The minimum absolute atomic E-state index is 0.397. The fourth-order valence-corrected chi connectivity index (χ4v) is 2.20. The second-order valence-electron chi connectivity index (χ2n) is 5.03. The van der Waals surface area contributed by atoms with Gasteiger partial charge in [-0.05, 0) is 44.4 Å². The van der Waals surface area contributed by atoms with Crippen LogP contribution in [0.15, 0.2) is 18.2 Å². The average molecular weight is 312 g/mol. The predicted octanol–water partition coefficient (Wildman–Crippen LogP) is 2.70. The summed E-state index contributed by atoms with van der Waals surface area (Å²) in [6.45, 7) is 3.94. The number of ether oxygens (including phenoxy) is 2. The van der Waals surface area contributed by atoms with Crippen LogP contribution in [0.25, 0.3) is 0 Å². The highest BCUT2D eigenvalue weighted by Gasteiger charge is 2.28. The van der Waals surface area contributed by atoms with Gasteiger partial charge in [0.2, 0.25) is 0 Å². The summed E-state index contributed by atoms with van der Waals surface area (Å²) in [5, 5.41) is 3.23. The molecule has 1 saturated heterocycles. The van der Waals surface area contributed by atoms with E-state index in [9.17, 15) is 9.59 Å². The van der Waals surface area contributed by atoms with Gasteiger partial charge in [-0.25, -0.2) is 4.79 Å². The van der Waals surface area contributed by atoms with Gasteiger partial charge in [-0.3, -0.25) is 4.79 Å². The van der Waals surface area contributed by atoms with Gasteiger partial charge in [0.25, 0.3) is 5.91 Å². The highest BCUT2D eigenvalue weighted by Crippen LogP contribution is 2.21. The highest BCUT2D eigenvalue weighted by molar-refractivity contribution is 6.31. The van der Waals surface area contributed by atoms with Gasteiger partial charge in [0.15, 0.2) is 12.2 Å². The maximum Gasteiger partial charge on any atom is 0.336 e. The molecule has 5 nitrogen and oxygen atoms in total. The molecule has 2 rings (SSSR count). The molecule has 1 aromatic rings. The van der Waals surface area contributed by atoms with E-state index < -0.39 is 24.1 Å². The largest absolute Gasteiger partial charge is 0.451 e. The molecule has 0 aromatic heterocycles. The minimum Gasteiger partial charge on any atom is -0.451 e. The van der Waals surface area contributed by atoms with Crippen molar-refractivity contribution in [2.24, 2.45) is 0 Å². The molecule has 114 valence electrons. The van der Waals surface area contributed by atoms with Crippen molar-refractivity contribution in [1.29, 1.82) is 0 Å². The van der Waals surface area contributed by atoms with Gasteiger partial charge in [0, 0.05) is 17.3 Å². The van der Waals surface area contributed by atoms with Crippen molar-refractivity contribution < 1.29 is 19.1 Å². The number of hydrogen-bond donors (Lipinski definition) is 1. The van der Waals surface area contributed by atoms with Crippen LogP contribution in [0.1, 0.15) is 25.3 Å². The van der Waals surface area contributed by atoms with E-state index in [0.29, 0.717) is 23.7 Å². The number of anilines is 1. The summed E-state index contributed by atoms with van der Waals surface area (Å²) < 4.78 is 10.4. The maximum absolute atomic E-state index is 12.1. The quantitative estimate of drug-likeness (QED) is 0.868. The summed E-state index contributed by atoms with van der Waals surface area (Å²) in [5.41, 5.74) is 1.48. The summed E-state index contributed by atoms with van der Waals surface area (Å²) in [6, 6.07) is 5.21. The van der Waals surface area contributed by atoms with Crippen molar-refractivity contribution in [2.75, 3.05) is 11.9 Å². The first-order chi connectivity index (χ1) is 9.97. The van der Waals surface area contributed by atoms with Crippen LogP contribution in [-0.4, -0.2) is 30.7 Å². The third-order valence-corrected chi connectivity index (χ3v) is 3.55. The van der Waals surface area contributed by atoms with Gasteiger partial charge in [0.1, 0.15) is 0 Å². The molecule has 1 heterocycles. The summed E-state index contributed by atoms with van der Waals surface area (Å²) in [4.78, 5) is 23.8. The lowest BCUT2D eigenvalue weighted by Gasteiger charge is -2.16. The molecule has 1 aliphatic heterocycles. The summed E-state index contributed by atoms with van der Waals surface area (Å²) >= 11 is 5.90. The lowest BCUT2D eigenvalue weighted by atomic mass is 10.2. The number of nitrogens with one attached hydrogen (secondary N) is 1. The van der Waals surface area contributed by atoms with Crippen molar-refractivity contribution >= 4 is 29.2 Å². The molecule has 0 unspecified atom stereocenters. The molecule has 1 fully saturated rings. The van der Waals surface area contributed by atoms with E-state index in [1.54, 1.807) is 18.2 Å². The molecule has 1 N–H and O–H groups in total. The van der Waals surface area contributed by atoms with Gasteiger partial charge in [-0.1, -0.05) is 17.7 Å². The van der Waals surface area contributed by atoms with Crippen LogP contribution in [0.2, 0.25) is 5.02 Å². The number of halogens is 1. The molecule has 0 radical (unpaired) electrons. The van der Waals surface area contributed by atoms with Crippen molar-refractivity contribution in [3.63, 3.8) is 0 Å². The van der Waals surface area contributed by atoms with Gasteiger partial charge in [0.05, 0.1) is 0 Å². The monoisotopic (exact) mass is 311 g/mol. The molecule has 0 aliphatic carbocycles. The third kappa shape index (κ3) is 4.19. The van der Waals surface area contributed by atoms with Crippen molar-refractivity contribution in [1.82, 2.24) is 0 Å². The molecule has 1 aromatic carbocycles. The maximum atomic E-state index is 12.1. The van der Waals surface area contributed by atoms with E-state index in [4.69, 9.17) is 21.1 Å². The molecule has 1 amide bonds. The number of carbonyl (C=O) groups excluding carboxylic acids is 2. The zero-order chi connectivity index (χ0) is 15.4. The average Bonchev–Trinajstić information content (AvgIpc) is 2.97. The molecule has 21 heavy (non-hydrogen) atoms. The Morgan fingerprint density at radius 3 is 2.90 bits per heavy atom. The topological polar surface area (TPSA) is 64.6 Å². The number of carbonyl (C=O) groups is 2. The number of esters is 1. The van der Waals surface area contributed by atoms with Crippen molar-refractivity contribution in [3.05, 3.63) is 28.8 Å². The SMILES string of the molecule is Cc1ccc(Cl)cc1NC(=O)[C@H](C)OC(=O)[C@@H]1CCCO1. The molecule has 2 atom stereocenters. The Hall–Kier alpha value is -1.59. The van der Waals surface area contributed by atoms with Crippen LogP contribution >= 0.6 is 11.6 Å². The first-order valence-corrected chi connectivity index (χ1v) is 7.24. The minimum atomic E-state index is -0.889. The number of hydrogen-bond acceptors (Lipinski definition) is 4. The molecular formula is C15H18ClNO4. The number of aryl methyl sites for hydroxylation is 1. The van der Waals surface area contributed by atoms with E-state index in [-0.39, 0.29) is 0 Å². The van der Waals surface area contributed by atoms with Crippen molar-refractivity contribution in [2.45, 2.75) is 38.9 Å². The van der Waals surface area contributed by atoms with Crippen LogP contribution in [0.3, 0.4) is 0 Å². The molecule has 6 heteroatoms. The Labute approximate surface area is 128 Å². The Morgan fingerprint density at radius 1 is 1.48 bits per heavy atom. The molecule has 0 bridgehead atoms. The standard InChI is InChI=1S/C15H18ClNO4/c1-9-5-6-11(16)8-12(9)17-14(18)10(2)21-15(19)13-4-3-7-20-13/h5-6,8,10,13H,3-4,7H2,1-2H3,(H,17,18)/t10-,13-/m0/s1. The van der Waals surface area contributed by atoms with E-state index in [1.807, 2.05) is 6.92 Å². The van der Waals surface area contributed by atoms with E-state index in [2.05, 4.69) is 5.32 Å². The zero-order valence-corrected chi connectivity index (χ0v) is 12.8. The second kappa shape index (κ2) is 6.91. The smallest absolute Gasteiger partial charge is 0.336 e. The van der Waals surface area contributed by atoms with Crippen LogP contribution in [0.5, 0.6) is 0 Å². The second-order valence-corrected chi connectivity index (χ2v) is 5.47. The molecule has 1 aliphatic rings. The lowest BCUT2D eigenvalue weighted by Crippen LogP contribution is -2.34. The Kier molecular flexibility index (Phi) is 5.20. The van der Waals surface area contributed by atoms with E-state index in [0.717, 1.165) is 12.0 Å². The van der Waals surface area contributed by atoms with E-state index >= 15 is 0 Å². The first kappa shape index (κ1) is 15.8.